The van der Waals surface area contributed by atoms with Crippen molar-refractivity contribution in [3.8, 4) is 0 Å². The Morgan fingerprint density at radius 3 is 2.76 bits per heavy atom. The molecule has 0 saturated heterocycles. The van der Waals surface area contributed by atoms with Gasteiger partial charge in [-0.15, -0.1) is 0 Å². The van der Waals surface area contributed by atoms with Crippen LogP contribution in [0.5, 0.6) is 0 Å². The van der Waals surface area contributed by atoms with Crippen molar-refractivity contribution in [2.75, 3.05) is 56.7 Å². The molecule has 6 nitrogen and oxygen atoms in total. The van der Waals surface area contributed by atoms with Crippen LogP contribution in [0.2, 0.25) is 0 Å². The fourth-order valence-corrected chi connectivity index (χ4v) is 2.04. The third kappa shape index (κ3) is 7.72. The number of nitrogens with two attached hydrogens (primary N) is 2. The number of rotatable bonds is 11. The van der Waals surface area contributed by atoms with Crippen molar-refractivity contribution in [3.05, 3.63) is 12.3 Å². The van der Waals surface area contributed by atoms with Gasteiger partial charge in [0.1, 0.15) is 12.4 Å². The molecule has 0 amide bonds. The van der Waals surface area contributed by atoms with E-state index in [-0.39, 0.29) is 0 Å². The summed E-state index contributed by atoms with van der Waals surface area (Å²) < 4.78 is 5.62. The van der Waals surface area contributed by atoms with Crippen LogP contribution in [0.1, 0.15) is 26.2 Å². The van der Waals surface area contributed by atoms with Crippen LogP contribution < -0.4 is 21.7 Å². The molecule has 21 heavy (non-hydrogen) atoms. The lowest BCUT2D eigenvalue weighted by atomic mass is 10.2. The molecule has 6 heteroatoms. The van der Waals surface area contributed by atoms with E-state index in [0.29, 0.717) is 30.3 Å². The zero-order valence-electron chi connectivity index (χ0n) is 13.3. The number of nitrogens with one attached hydrogen (secondary N) is 2. The van der Waals surface area contributed by atoms with Crippen LogP contribution in [-0.4, -0.2) is 44.9 Å². The van der Waals surface area contributed by atoms with Gasteiger partial charge in [0.15, 0.2) is 0 Å². The molecule has 0 saturated carbocycles. The van der Waals surface area contributed by atoms with Gasteiger partial charge in [0.25, 0.3) is 0 Å². The molecule has 1 heterocycles. The number of hydrogen-bond donors (Lipinski definition) is 4. The average Bonchev–Trinajstić information content (AvgIpc) is 2.45. The molecule has 0 spiro atoms. The van der Waals surface area contributed by atoms with E-state index in [1.165, 1.54) is 30.7 Å². The molecular formula is C15H30N5O+. The van der Waals surface area contributed by atoms with Crippen LogP contribution in [0.25, 0.3) is 0 Å². The molecule has 0 aromatic carbocycles. The standard InChI is InChI=1S/C15H29N5O/c1-3-4-5-7-20(2)8-10-21-9-6-18-15-14(17)11-13(16)12-19-15/h11-12H,3-10,16-17H2,1-2H3,(H,18,19)/p+1. The summed E-state index contributed by atoms with van der Waals surface area (Å²) >= 11 is 0. The normalized spacial score (nSPS) is 12.3. The van der Waals surface area contributed by atoms with E-state index < -0.39 is 0 Å². The summed E-state index contributed by atoms with van der Waals surface area (Å²) in [5.74, 6) is 0.662. The summed E-state index contributed by atoms with van der Waals surface area (Å²) in [7, 11) is 2.22. The summed E-state index contributed by atoms with van der Waals surface area (Å²) in [5, 5.41) is 3.15. The number of unbranched alkanes of at least 4 members (excludes halogenated alkanes) is 2. The molecule has 1 aromatic heterocycles. The molecule has 120 valence electrons. The minimum atomic E-state index is 0.565. The first-order valence-corrected chi connectivity index (χ1v) is 7.77. The van der Waals surface area contributed by atoms with E-state index >= 15 is 0 Å². The minimum absolute atomic E-state index is 0.565. The van der Waals surface area contributed by atoms with Crippen molar-refractivity contribution >= 4 is 17.2 Å². The minimum Gasteiger partial charge on any atom is -0.397 e. The van der Waals surface area contributed by atoms with Gasteiger partial charge in [-0.3, -0.25) is 0 Å². The Bertz CT molecular complexity index is 400. The number of nitrogen functional groups attached to an aromatic ring is 2. The van der Waals surface area contributed by atoms with Crippen LogP contribution in [0.3, 0.4) is 0 Å². The molecule has 1 unspecified atom stereocenters. The second-order valence-corrected chi connectivity index (χ2v) is 5.41. The Morgan fingerprint density at radius 1 is 1.24 bits per heavy atom. The topological polar surface area (TPSA) is 90.6 Å². The van der Waals surface area contributed by atoms with Crippen LogP contribution in [0.15, 0.2) is 12.3 Å². The lowest BCUT2D eigenvalue weighted by molar-refractivity contribution is -0.880. The largest absolute Gasteiger partial charge is 0.397 e. The highest BCUT2D eigenvalue weighted by molar-refractivity contribution is 5.65. The molecule has 0 aliphatic rings. The molecular weight excluding hydrogens is 266 g/mol. The van der Waals surface area contributed by atoms with Crippen molar-refractivity contribution in [1.29, 1.82) is 0 Å². The van der Waals surface area contributed by atoms with Gasteiger partial charge in [0.2, 0.25) is 0 Å². The fourth-order valence-electron chi connectivity index (χ4n) is 2.04. The molecule has 0 aliphatic heterocycles. The predicted molar refractivity (Wildman–Crippen MR) is 88.5 cm³/mol. The van der Waals surface area contributed by atoms with Crippen molar-refractivity contribution in [1.82, 2.24) is 4.98 Å². The van der Waals surface area contributed by atoms with Crippen molar-refractivity contribution in [3.63, 3.8) is 0 Å². The van der Waals surface area contributed by atoms with E-state index in [1.54, 1.807) is 12.3 Å². The Labute approximate surface area is 127 Å². The number of hydrogen-bond acceptors (Lipinski definition) is 5. The maximum absolute atomic E-state index is 5.81. The van der Waals surface area contributed by atoms with E-state index in [1.807, 2.05) is 0 Å². The molecule has 0 aliphatic carbocycles. The number of quaternary nitrogens is 1. The number of anilines is 3. The van der Waals surface area contributed by atoms with E-state index in [4.69, 9.17) is 16.2 Å². The van der Waals surface area contributed by atoms with Gasteiger partial charge in [0, 0.05) is 6.54 Å². The van der Waals surface area contributed by atoms with Gasteiger partial charge < -0.3 is 26.4 Å². The molecule has 0 fully saturated rings. The second kappa shape index (κ2) is 10.2. The molecule has 1 aromatic rings. The van der Waals surface area contributed by atoms with Gasteiger partial charge in [-0.1, -0.05) is 13.3 Å². The number of nitrogens with zero attached hydrogens (tertiary/aromatic N) is 1. The number of pyridine rings is 1. The second-order valence-electron chi connectivity index (χ2n) is 5.41. The average molecular weight is 296 g/mol. The van der Waals surface area contributed by atoms with Gasteiger partial charge in [-0.2, -0.15) is 0 Å². The zero-order valence-corrected chi connectivity index (χ0v) is 13.3. The molecule has 1 rings (SSSR count). The summed E-state index contributed by atoms with van der Waals surface area (Å²) in [6.07, 6.45) is 5.48. The monoisotopic (exact) mass is 296 g/mol. The number of likely N-dealkylation sites (N-methyl/N-ethyl adjacent to an activating group) is 1. The highest BCUT2D eigenvalue weighted by Gasteiger charge is 2.02. The number of ether oxygens (including phenoxy) is 1. The zero-order chi connectivity index (χ0) is 15.5. The van der Waals surface area contributed by atoms with E-state index in [0.717, 1.165) is 13.2 Å². The summed E-state index contributed by atoms with van der Waals surface area (Å²) in [6.45, 7) is 6.62. The molecule has 0 bridgehead atoms. The third-order valence-corrected chi connectivity index (χ3v) is 3.36. The van der Waals surface area contributed by atoms with Crippen molar-refractivity contribution < 1.29 is 9.64 Å². The Hall–Kier alpha value is -1.53. The van der Waals surface area contributed by atoms with Crippen LogP contribution in [0, 0.1) is 0 Å². The first kappa shape index (κ1) is 17.5. The molecule has 1 atom stereocenters. The predicted octanol–water partition coefficient (Wildman–Crippen LogP) is 0.379. The van der Waals surface area contributed by atoms with Crippen molar-refractivity contribution in [2.45, 2.75) is 26.2 Å². The van der Waals surface area contributed by atoms with Crippen LogP contribution in [0.4, 0.5) is 17.2 Å². The van der Waals surface area contributed by atoms with Gasteiger partial charge in [0.05, 0.1) is 44.4 Å². The fraction of sp³-hybridized carbons (Fsp3) is 0.667. The quantitative estimate of drug-likeness (QED) is 0.443. The van der Waals surface area contributed by atoms with Crippen LogP contribution >= 0.6 is 0 Å². The highest BCUT2D eigenvalue weighted by Crippen LogP contribution is 2.16. The first-order valence-electron chi connectivity index (χ1n) is 7.77. The van der Waals surface area contributed by atoms with Crippen LogP contribution in [-0.2, 0) is 4.74 Å². The maximum atomic E-state index is 5.81. The third-order valence-electron chi connectivity index (χ3n) is 3.36. The smallest absolute Gasteiger partial charge is 0.149 e. The lowest BCUT2D eigenvalue weighted by Crippen LogP contribution is -3.09. The maximum Gasteiger partial charge on any atom is 0.149 e. The summed E-state index contributed by atoms with van der Waals surface area (Å²) in [4.78, 5) is 5.67. The Balaban J connectivity index is 2.04. The number of aromatic nitrogens is 1. The Morgan fingerprint density at radius 2 is 2.05 bits per heavy atom. The van der Waals surface area contributed by atoms with Crippen molar-refractivity contribution in [2.24, 2.45) is 0 Å². The molecule has 6 N–H and O–H groups in total. The Kier molecular flexibility index (Phi) is 8.54. The van der Waals surface area contributed by atoms with Gasteiger partial charge >= 0.3 is 0 Å². The van der Waals surface area contributed by atoms with Gasteiger partial charge in [-0.05, 0) is 18.9 Å². The molecule has 0 radical (unpaired) electrons. The highest BCUT2D eigenvalue weighted by atomic mass is 16.5. The van der Waals surface area contributed by atoms with Gasteiger partial charge in [-0.25, -0.2) is 4.98 Å². The van der Waals surface area contributed by atoms with E-state index in [2.05, 4.69) is 24.3 Å². The summed E-state index contributed by atoms with van der Waals surface area (Å²) in [5.41, 5.74) is 12.5. The first-order chi connectivity index (χ1) is 10.1. The SMILES string of the molecule is CCCCC[NH+](C)CCOCCNc1ncc(N)cc1N. The van der Waals surface area contributed by atoms with E-state index in [9.17, 15) is 0 Å². The summed E-state index contributed by atoms with van der Waals surface area (Å²) in [6, 6.07) is 1.70. The lowest BCUT2D eigenvalue weighted by Gasteiger charge is -2.14.